The van der Waals surface area contributed by atoms with Crippen molar-refractivity contribution in [3.63, 3.8) is 0 Å². The Kier molecular flexibility index (Phi) is 3.98. The molecule has 1 atom stereocenters. The number of benzene rings is 3. The Balaban J connectivity index is 1.54. The maximum absolute atomic E-state index is 13.3. The van der Waals surface area contributed by atoms with Crippen LogP contribution in [0.15, 0.2) is 70.1 Å². The third-order valence-electron chi connectivity index (χ3n) is 5.86. The van der Waals surface area contributed by atoms with E-state index in [-0.39, 0.29) is 36.3 Å². The number of aromatic hydroxyl groups is 1. The van der Waals surface area contributed by atoms with Gasteiger partial charge in [-0.15, -0.1) is 0 Å². The number of rotatable bonds is 2. The fourth-order valence-corrected chi connectivity index (χ4v) is 4.31. The lowest BCUT2D eigenvalue weighted by Gasteiger charge is -2.25. The molecular weight excluding hydrogens is 412 g/mol. The van der Waals surface area contributed by atoms with Crippen LogP contribution in [0.25, 0.3) is 22.1 Å². The molecule has 2 aliphatic heterocycles. The van der Waals surface area contributed by atoms with Crippen molar-refractivity contribution in [3.05, 3.63) is 82.2 Å². The number of phenols is 1. The summed E-state index contributed by atoms with van der Waals surface area (Å²) in [5, 5.41) is 9.92. The lowest BCUT2D eigenvalue weighted by molar-refractivity contribution is -0.135. The Morgan fingerprint density at radius 1 is 0.875 bits per heavy atom. The SMILES string of the molecule is O=C1CC(c2ccc3c(c2)OCO3)c2c(ccc3c(=O)c(-c4ccc(O)cc4)coc23)O1. The summed E-state index contributed by atoms with van der Waals surface area (Å²) in [5.74, 6) is 1.02. The summed E-state index contributed by atoms with van der Waals surface area (Å²) < 4.78 is 22.3. The van der Waals surface area contributed by atoms with E-state index in [2.05, 4.69) is 0 Å². The molecule has 0 fully saturated rings. The molecule has 1 unspecified atom stereocenters. The van der Waals surface area contributed by atoms with Crippen molar-refractivity contribution in [2.45, 2.75) is 12.3 Å². The third kappa shape index (κ3) is 2.82. The van der Waals surface area contributed by atoms with Crippen LogP contribution in [0.4, 0.5) is 0 Å². The van der Waals surface area contributed by atoms with Crippen molar-refractivity contribution in [1.29, 1.82) is 0 Å². The predicted molar refractivity (Wildman–Crippen MR) is 114 cm³/mol. The number of esters is 1. The zero-order valence-corrected chi connectivity index (χ0v) is 16.7. The molecule has 0 saturated carbocycles. The first-order valence-electron chi connectivity index (χ1n) is 10.1. The fourth-order valence-electron chi connectivity index (χ4n) is 4.31. The van der Waals surface area contributed by atoms with Crippen LogP contribution < -0.4 is 19.6 Å². The highest BCUT2D eigenvalue weighted by Crippen LogP contribution is 2.45. The van der Waals surface area contributed by atoms with E-state index in [1.807, 2.05) is 18.2 Å². The molecule has 0 aliphatic carbocycles. The molecule has 0 bridgehead atoms. The number of carbonyl (C=O) groups is 1. The van der Waals surface area contributed by atoms with E-state index >= 15 is 0 Å². The van der Waals surface area contributed by atoms with Gasteiger partial charge in [0.15, 0.2) is 11.5 Å². The molecule has 1 aromatic heterocycles. The van der Waals surface area contributed by atoms with Crippen molar-refractivity contribution < 1.29 is 28.5 Å². The number of fused-ring (bicyclic) bond motifs is 4. The first-order valence-corrected chi connectivity index (χ1v) is 10.1. The van der Waals surface area contributed by atoms with E-state index in [9.17, 15) is 14.7 Å². The van der Waals surface area contributed by atoms with Crippen LogP contribution in [-0.2, 0) is 4.79 Å². The quantitative estimate of drug-likeness (QED) is 0.375. The molecule has 32 heavy (non-hydrogen) atoms. The van der Waals surface area contributed by atoms with Crippen LogP contribution in [0.5, 0.6) is 23.0 Å². The summed E-state index contributed by atoms with van der Waals surface area (Å²) in [5.41, 5.74) is 2.67. The van der Waals surface area contributed by atoms with Crippen LogP contribution in [0.2, 0.25) is 0 Å². The van der Waals surface area contributed by atoms with Gasteiger partial charge in [0.25, 0.3) is 0 Å². The zero-order chi connectivity index (χ0) is 21.8. The van der Waals surface area contributed by atoms with Crippen LogP contribution in [-0.4, -0.2) is 17.9 Å². The van der Waals surface area contributed by atoms with Gasteiger partial charge < -0.3 is 23.7 Å². The van der Waals surface area contributed by atoms with Crippen molar-refractivity contribution in [2.75, 3.05) is 6.79 Å². The third-order valence-corrected chi connectivity index (χ3v) is 5.86. The molecule has 7 heteroatoms. The molecule has 3 aromatic carbocycles. The lowest BCUT2D eigenvalue weighted by atomic mass is 9.85. The Hall–Kier alpha value is -4.26. The van der Waals surface area contributed by atoms with Gasteiger partial charge in [-0.2, -0.15) is 0 Å². The summed E-state index contributed by atoms with van der Waals surface area (Å²) >= 11 is 0. The van der Waals surface area contributed by atoms with Crippen molar-refractivity contribution >= 4 is 16.9 Å². The van der Waals surface area contributed by atoms with Crippen LogP contribution in [0.3, 0.4) is 0 Å². The standard InChI is InChI=1S/C25H16O7/c26-15-4-1-13(2-5-15)18-11-29-25-16(24(18)28)6-8-20-23(25)17(10-22(27)32-20)14-3-7-19-21(9-14)31-12-30-19/h1-9,11,17,26H,10,12H2. The number of ether oxygens (including phenoxy) is 3. The molecular formula is C25H16O7. The molecule has 1 N–H and O–H groups in total. The van der Waals surface area contributed by atoms with Crippen molar-refractivity contribution in [2.24, 2.45) is 0 Å². The van der Waals surface area contributed by atoms with Crippen molar-refractivity contribution in [3.8, 4) is 34.1 Å². The normalized spacial score (nSPS) is 16.6. The summed E-state index contributed by atoms with van der Waals surface area (Å²) in [7, 11) is 0. The zero-order valence-electron chi connectivity index (χ0n) is 16.7. The number of carbonyl (C=O) groups excluding carboxylic acids is 1. The minimum absolute atomic E-state index is 0.106. The highest BCUT2D eigenvalue weighted by molar-refractivity contribution is 5.90. The minimum atomic E-state index is -0.368. The molecule has 158 valence electrons. The molecule has 0 saturated heterocycles. The lowest BCUT2D eigenvalue weighted by Crippen LogP contribution is -2.22. The van der Waals surface area contributed by atoms with Gasteiger partial charge >= 0.3 is 5.97 Å². The second-order valence-electron chi connectivity index (χ2n) is 7.72. The second kappa shape index (κ2) is 6.88. The van der Waals surface area contributed by atoms with Crippen LogP contribution >= 0.6 is 0 Å². The van der Waals surface area contributed by atoms with Gasteiger partial charge in [-0.1, -0.05) is 18.2 Å². The highest BCUT2D eigenvalue weighted by Gasteiger charge is 2.33. The van der Waals surface area contributed by atoms with Gasteiger partial charge in [-0.3, -0.25) is 9.59 Å². The number of hydrogen-bond donors (Lipinski definition) is 1. The second-order valence-corrected chi connectivity index (χ2v) is 7.72. The maximum atomic E-state index is 13.3. The summed E-state index contributed by atoms with van der Waals surface area (Å²) in [4.78, 5) is 25.6. The van der Waals surface area contributed by atoms with Gasteiger partial charge in [-0.25, -0.2) is 0 Å². The average molecular weight is 428 g/mol. The Morgan fingerprint density at radius 2 is 1.66 bits per heavy atom. The van der Waals surface area contributed by atoms with E-state index in [1.165, 1.54) is 18.4 Å². The first kappa shape index (κ1) is 18.5. The highest BCUT2D eigenvalue weighted by atomic mass is 16.7. The van der Waals surface area contributed by atoms with E-state index in [0.717, 1.165) is 5.56 Å². The number of phenolic OH excluding ortho intramolecular Hbond substituents is 1. The molecule has 0 spiro atoms. The monoisotopic (exact) mass is 428 g/mol. The smallest absolute Gasteiger partial charge is 0.312 e. The summed E-state index contributed by atoms with van der Waals surface area (Å²) in [6, 6.07) is 15.1. The Labute approximate surface area is 181 Å². The first-order chi connectivity index (χ1) is 15.6. The molecule has 6 rings (SSSR count). The largest absolute Gasteiger partial charge is 0.508 e. The molecule has 0 amide bonds. The van der Waals surface area contributed by atoms with E-state index in [1.54, 1.807) is 24.3 Å². The molecule has 3 heterocycles. The number of hydrogen-bond acceptors (Lipinski definition) is 7. The average Bonchev–Trinajstić information content (AvgIpc) is 3.27. The van der Waals surface area contributed by atoms with Crippen LogP contribution in [0.1, 0.15) is 23.5 Å². The summed E-state index contributed by atoms with van der Waals surface area (Å²) in [6.45, 7) is 0.153. The van der Waals surface area contributed by atoms with Crippen LogP contribution in [0, 0.1) is 0 Å². The van der Waals surface area contributed by atoms with Gasteiger partial charge in [0.1, 0.15) is 23.3 Å². The molecule has 2 aliphatic rings. The van der Waals surface area contributed by atoms with E-state index in [4.69, 9.17) is 18.6 Å². The summed E-state index contributed by atoms with van der Waals surface area (Å²) in [6.07, 6.45) is 1.51. The van der Waals surface area contributed by atoms with Gasteiger partial charge in [0.05, 0.1) is 17.4 Å². The Morgan fingerprint density at radius 3 is 2.50 bits per heavy atom. The minimum Gasteiger partial charge on any atom is -0.508 e. The fraction of sp³-hybridized carbons (Fsp3) is 0.120. The predicted octanol–water partition coefficient (Wildman–Crippen LogP) is 4.34. The van der Waals surface area contributed by atoms with E-state index in [0.29, 0.717) is 44.9 Å². The van der Waals surface area contributed by atoms with Gasteiger partial charge in [-0.05, 0) is 47.5 Å². The van der Waals surface area contributed by atoms with E-state index < -0.39 is 0 Å². The topological polar surface area (TPSA) is 95.2 Å². The van der Waals surface area contributed by atoms with Crippen molar-refractivity contribution in [1.82, 2.24) is 0 Å². The van der Waals surface area contributed by atoms with Gasteiger partial charge in [0, 0.05) is 11.5 Å². The van der Waals surface area contributed by atoms with Gasteiger partial charge in [0.2, 0.25) is 12.2 Å². The molecule has 4 aromatic rings. The molecule has 0 radical (unpaired) electrons. The Bertz CT molecular complexity index is 1450. The maximum Gasteiger partial charge on any atom is 0.312 e. The molecule has 7 nitrogen and oxygen atoms in total.